The van der Waals surface area contributed by atoms with Crippen molar-refractivity contribution in [2.24, 2.45) is 0 Å². The van der Waals surface area contributed by atoms with Crippen LogP contribution < -0.4 is 0 Å². The molecule has 1 N–H and O–H groups in total. The highest BCUT2D eigenvalue weighted by Gasteiger charge is 1.92. The molecule has 0 radical (unpaired) electrons. The lowest BCUT2D eigenvalue weighted by molar-refractivity contribution is 0.302. The molecule has 1 aromatic rings. The zero-order valence-corrected chi connectivity index (χ0v) is 8.03. The molecule has 70 valence electrons. The van der Waals surface area contributed by atoms with E-state index in [0.29, 0.717) is 0 Å². The van der Waals surface area contributed by atoms with E-state index in [4.69, 9.17) is 5.11 Å². The van der Waals surface area contributed by atoms with Crippen molar-refractivity contribution in [2.45, 2.75) is 19.8 Å². The van der Waals surface area contributed by atoms with Crippen LogP contribution in [-0.4, -0.2) is 11.7 Å². The number of hydrogen-bond donors (Lipinski definition) is 1. The van der Waals surface area contributed by atoms with E-state index in [1.54, 1.807) is 0 Å². The zero-order valence-electron chi connectivity index (χ0n) is 8.03. The summed E-state index contributed by atoms with van der Waals surface area (Å²) in [6.07, 6.45) is 3.84. The summed E-state index contributed by atoms with van der Waals surface area (Å²) in [5.41, 5.74) is 2.65. The molecular weight excluding hydrogens is 160 g/mol. The molecule has 0 spiro atoms. The third-order valence-electron chi connectivity index (χ3n) is 1.95. The van der Waals surface area contributed by atoms with Gasteiger partial charge in [0.2, 0.25) is 0 Å². The normalized spacial score (nSPS) is 11.7. The fraction of sp³-hybridized carbons (Fsp3) is 0.333. The van der Waals surface area contributed by atoms with Crippen molar-refractivity contribution in [2.75, 3.05) is 6.61 Å². The lowest BCUT2D eigenvalue weighted by atomic mass is 10.1. The molecule has 0 bridgehead atoms. The van der Waals surface area contributed by atoms with Gasteiger partial charge < -0.3 is 5.11 Å². The Morgan fingerprint density at radius 1 is 1.31 bits per heavy atom. The van der Waals surface area contributed by atoms with Crippen molar-refractivity contribution in [3.05, 3.63) is 47.5 Å². The van der Waals surface area contributed by atoms with E-state index in [9.17, 15) is 0 Å². The predicted octanol–water partition coefficient (Wildman–Crippen LogP) is 2.56. The molecule has 1 rings (SSSR count). The van der Waals surface area contributed by atoms with Gasteiger partial charge in [0.25, 0.3) is 0 Å². The standard InChI is InChI=1S/C12H16O/c1-11(6-5-9-13)10-12-7-3-2-4-8-12/h2-4,6-8,13H,5,9-10H2,1H3/b11-6-. The average molecular weight is 176 g/mol. The summed E-state index contributed by atoms with van der Waals surface area (Å²) in [7, 11) is 0. The first kappa shape index (κ1) is 10.0. The van der Waals surface area contributed by atoms with Gasteiger partial charge in [0, 0.05) is 6.61 Å². The molecule has 0 unspecified atom stereocenters. The first-order valence-electron chi connectivity index (χ1n) is 4.63. The van der Waals surface area contributed by atoms with Crippen molar-refractivity contribution in [3.8, 4) is 0 Å². The fourth-order valence-electron chi connectivity index (χ4n) is 1.30. The maximum atomic E-state index is 8.64. The van der Waals surface area contributed by atoms with Gasteiger partial charge in [-0.25, -0.2) is 0 Å². The number of benzene rings is 1. The van der Waals surface area contributed by atoms with Crippen LogP contribution in [0.5, 0.6) is 0 Å². The lowest BCUT2D eigenvalue weighted by Crippen LogP contribution is -1.87. The Labute approximate surface area is 79.7 Å². The molecule has 1 aromatic carbocycles. The smallest absolute Gasteiger partial charge is 0.0465 e. The molecule has 0 atom stereocenters. The number of aliphatic hydroxyl groups is 1. The Morgan fingerprint density at radius 2 is 2.00 bits per heavy atom. The third-order valence-corrected chi connectivity index (χ3v) is 1.95. The molecule has 0 aliphatic rings. The van der Waals surface area contributed by atoms with Crippen LogP contribution in [0.15, 0.2) is 42.0 Å². The monoisotopic (exact) mass is 176 g/mol. The molecule has 1 nitrogen and oxygen atoms in total. The number of allylic oxidation sites excluding steroid dienone is 1. The SMILES string of the molecule is C/C(=C/CCO)Cc1ccccc1. The van der Waals surface area contributed by atoms with Gasteiger partial charge in [0.15, 0.2) is 0 Å². The molecule has 0 amide bonds. The second-order valence-corrected chi connectivity index (χ2v) is 3.23. The van der Waals surface area contributed by atoms with Crippen LogP contribution in [0.1, 0.15) is 18.9 Å². The highest BCUT2D eigenvalue weighted by molar-refractivity contribution is 5.20. The Hall–Kier alpha value is -1.08. The molecule has 0 saturated carbocycles. The van der Waals surface area contributed by atoms with Crippen LogP contribution in [0.4, 0.5) is 0 Å². The highest BCUT2D eigenvalue weighted by atomic mass is 16.2. The van der Waals surface area contributed by atoms with Crippen LogP contribution in [0, 0.1) is 0 Å². The van der Waals surface area contributed by atoms with Gasteiger partial charge in [-0.2, -0.15) is 0 Å². The van der Waals surface area contributed by atoms with E-state index < -0.39 is 0 Å². The first-order valence-corrected chi connectivity index (χ1v) is 4.63. The summed E-state index contributed by atoms with van der Waals surface area (Å²) < 4.78 is 0. The van der Waals surface area contributed by atoms with Gasteiger partial charge in [-0.05, 0) is 25.3 Å². The molecule has 13 heavy (non-hydrogen) atoms. The van der Waals surface area contributed by atoms with E-state index >= 15 is 0 Å². The van der Waals surface area contributed by atoms with Gasteiger partial charge in [-0.3, -0.25) is 0 Å². The van der Waals surface area contributed by atoms with E-state index in [1.165, 1.54) is 11.1 Å². The van der Waals surface area contributed by atoms with Crippen molar-refractivity contribution in [1.29, 1.82) is 0 Å². The quantitative estimate of drug-likeness (QED) is 0.699. The van der Waals surface area contributed by atoms with Crippen LogP contribution in [0.3, 0.4) is 0 Å². The summed E-state index contributed by atoms with van der Waals surface area (Å²) in [5, 5.41) is 8.64. The van der Waals surface area contributed by atoms with Crippen LogP contribution >= 0.6 is 0 Å². The summed E-state index contributed by atoms with van der Waals surface area (Å²) in [4.78, 5) is 0. The molecule has 0 aliphatic carbocycles. The predicted molar refractivity (Wildman–Crippen MR) is 55.6 cm³/mol. The summed E-state index contributed by atoms with van der Waals surface area (Å²) in [6, 6.07) is 10.4. The van der Waals surface area contributed by atoms with Gasteiger partial charge in [0.1, 0.15) is 0 Å². The highest BCUT2D eigenvalue weighted by Crippen LogP contribution is 2.07. The van der Waals surface area contributed by atoms with Crippen LogP contribution in [0.25, 0.3) is 0 Å². The minimum atomic E-state index is 0.242. The second kappa shape index (κ2) is 5.55. The van der Waals surface area contributed by atoms with E-state index in [0.717, 1.165) is 12.8 Å². The van der Waals surface area contributed by atoms with Gasteiger partial charge in [-0.15, -0.1) is 0 Å². The molecule has 0 saturated heterocycles. The fourth-order valence-corrected chi connectivity index (χ4v) is 1.30. The number of aliphatic hydroxyl groups excluding tert-OH is 1. The molecule has 0 heterocycles. The lowest BCUT2D eigenvalue weighted by Gasteiger charge is -2.00. The molecular formula is C12H16O. The molecule has 0 aromatic heterocycles. The first-order chi connectivity index (χ1) is 6.33. The summed E-state index contributed by atoms with van der Waals surface area (Å²) >= 11 is 0. The van der Waals surface area contributed by atoms with E-state index in [2.05, 4.69) is 37.3 Å². The average Bonchev–Trinajstić information content (AvgIpc) is 2.16. The van der Waals surface area contributed by atoms with Crippen LogP contribution in [-0.2, 0) is 6.42 Å². The van der Waals surface area contributed by atoms with E-state index in [-0.39, 0.29) is 6.61 Å². The minimum Gasteiger partial charge on any atom is -0.396 e. The van der Waals surface area contributed by atoms with Crippen molar-refractivity contribution >= 4 is 0 Å². The topological polar surface area (TPSA) is 20.2 Å². The Bertz CT molecular complexity index is 262. The van der Waals surface area contributed by atoms with Crippen molar-refractivity contribution in [3.63, 3.8) is 0 Å². The third kappa shape index (κ3) is 3.90. The zero-order chi connectivity index (χ0) is 9.52. The maximum Gasteiger partial charge on any atom is 0.0465 e. The molecule has 1 heteroatoms. The second-order valence-electron chi connectivity index (χ2n) is 3.23. The Balaban J connectivity index is 2.50. The number of rotatable bonds is 4. The maximum absolute atomic E-state index is 8.64. The van der Waals surface area contributed by atoms with Crippen molar-refractivity contribution in [1.82, 2.24) is 0 Å². The Morgan fingerprint density at radius 3 is 2.62 bits per heavy atom. The summed E-state index contributed by atoms with van der Waals surface area (Å²) in [5.74, 6) is 0. The summed E-state index contributed by atoms with van der Waals surface area (Å²) in [6.45, 7) is 2.34. The minimum absolute atomic E-state index is 0.242. The Kier molecular flexibility index (Phi) is 4.27. The van der Waals surface area contributed by atoms with Crippen molar-refractivity contribution < 1.29 is 5.11 Å². The largest absolute Gasteiger partial charge is 0.396 e. The van der Waals surface area contributed by atoms with Gasteiger partial charge in [-0.1, -0.05) is 42.0 Å². The molecule has 0 aliphatic heterocycles. The van der Waals surface area contributed by atoms with Crippen LogP contribution in [0.2, 0.25) is 0 Å². The van der Waals surface area contributed by atoms with Gasteiger partial charge >= 0.3 is 0 Å². The van der Waals surface area contributed by atoms with E-state index in [1.807, 2.05) is 6.07 Å². The molecule has 0 fully saturated rings. The number of hydrogen-bond acceptors (Lipinski definition) is 1. The van der Waals surface area contributed by atoms with Gasteiger partial charge in [0.05, 0.1) is 0 Å².